The van der Waals surface area contributed by atoms with Gasteiger partial charge < -0.3 is 10.2 Å². The summed E-state index contributed by atoms with van der Waals surface area (Å²) >= 11 is 1.30. The molecule has 0 saturated heterocycles. The second kappa shape index (κ2) is 4.63. The Morgan fingerprint density at radius 1 is 1.33 bits per heavy atom. The Morgan fingerprint density at radius 2 is 2.00 bits per heavy atom. The predicted octanol–water partition coefficient (Wildman–Crippen LogP) is 2.59. The van der Waals surface area contributed by atoms with Crippen molar-refractivity contribution >= 4 is 17.4 Å². The van der Waals surface area contributed by atoms with Gasteiger partial charge in [-0.2, -0.15) is 0 Å². The van der Waals surface area contributed by atoms with E-state index >= 15 is 0 Å². The van der Waals surface area contributed by atoms with Gasteiger partial charge in [0, 0.05) is 11.0 Å². The van der Waals surface area contributed by atoms with E-state index in [2.05, 4.69) is 10.2 Å². The summed E-state index contributed by atoms with van der Waals surface area (Å²) < 4.78 is 39.6. The van der Waals surface area contributed by atoms with Crippen LogP contribution in [0.4, 0.5) is 18.9 Å². The number of nitrogen functional groups attached to an aromatic ring is 1. The van der Waals surface area contributed by atoms with E-state index in [1.54, 1.807) is 12.3 Å². The van der Waals surface area contributed by atoms with E-state index in [1.807, 2.05) is 0 Å². The van der Waals surface area contributed by atoms with Crippen LogP contribution >= 0.6 is 11.8 Å². The molecule has 0 bridgehead atoms. The van der Waals surface area contributed by atoms with Crippen molar-refractivity contribution in [2.24, 2.45) is 5.84 Å². The van der Waals surface area contributed by atoms with Crippen LogP contribution in [-0.4, -0.2) is 12.6 Å². The third-order valence-electron chi connectivity index (χ3n) is 1.52. The number of benzene rings is 1. The van der Waals surface area contributed by atoms with Crippen molar-refractivity contribution in [1.82, 2.24) is 0 Å². The number of hydrogen-bond donors (Lipinski definition) is 2. The molecule has 0 fully saturated rings. The highest BCUT2D eigenvalue weighted by atomic mass is 32.2. The SMILES string of the molecule is CSc1cc(NN)cc(OC(F)(F)F)c1. The molecule has 0 aliphatic carbocycles. The summed E-state index contributed by atoms with van der Waals surface area (Å²) in [5.41, 5.74) is 2.63. The number of rotatable bonds is 3. The van der Waals surface area contributed by atoms with Crippen LogP contribution in [0.15, 0.2) is 23.1 Å². The van der Waals surface area contributed by atoms with Gasteiger partial charge in [0.05, 0.1) is 5.69 Å². The first kappa shape index (κ1) is 12.0. The van der Waals surface area contributed by atoms with Gasteiger partial charge in [-0.3, -0.25) is 5.84 Å². The number of anilines is 1. The molecule has 1 aromatic rings. The molecule has 84 valence electrons. The average molecular weight is 238 g/mol. The summed E-state index contributed by atoms with van der Waals surface area (Å²) in [7, 11) is 0. The molecule has 7 heteroatoms. The Hall–Kier alpha value is -1.08. The third-order valence-corrected chi connectivity index (χ3v) is 2.22. The van der Waals surface area contributed by atoms with Gasteiger partial charge in [-0.1, -0.05) is 0 Å². The zero-order valence-electron chi connectivity index (χ0n) is 7.76. The summed E-state index contributed by atoms with van der Waals surface area (Å²) in [6, 6.07) is 4.08. The molecule has 0 unspecified atom stereocenters. The molecule has 3 N–H and O–H groups in total. The maximum absolute atomic E-state index is 11.9. The summed E-state index contributed by atoms with van der Waals surface area (Å²) in [5, 5.41) is 0. The number of thioether (sulfide) groups is 1. The molecule has 0 spiro atoms. The number of ether oxygens (including phenoxy) is 1. The summed E-state index contributed by atoms with van der Waals surface area (Å²) in [4.78, 5) is 0.629. The minimum Gasteiger partial charge on any atom is -0.406 e. The molecule has 0 atom stereocenters. The number of nitrogens with two attached hydrogens (primary N) is 1. The number of nitrogens with one attached hydrogen (secondary N) is 1. The third kappa shape index (κ3) is 3.88. The van der Waals surface area contributed by atoms with Gasteiger partial charge in [-0.25, -0.2) is 0 Å². The molecular formula is C8H9F3N2OS. The molecule has 0 aromatic heterocycles. The van der Waals surface area contributed by atoms with Crippen molar-refractivity contribution < 1.29 is 17.9 Å². The van der Waals surface area contributed by atoms with Crippen LogP contribution in [0.3, 0.4) is 0 Å². The monoisotopic (exact) mass is 238 g/mol. The van der Waals surface area contributed by atoms with E-state index in [-0.39, 0.29) is 5.75 Å². The highest BCUT2D eigenvalue weighted by Gasteiger charge is 2.31. The minimum atomic E-state index is -4.69. The van der Waals surface area contributed by atoms with Crippen LogP contribution in [-0.2, 0) is 0 Å². The fraction of sp³-hybridized carbons (Fsp3) is 0.250. The minimum absolute atomic E-state index is 0.290. The van der Waals surface area contributed by atoms with Crippen molar-refractivity contribution in [2.45, 2.75) is 11.3 Å². The quantitative estimate of drug-likeness (QED) is 0.482. The van der Waals surface area contributed by atoms with Crippen LogP contribution < -0.4 is 16.0 Å². The van der Waals surface area contributed by atoms with Gasteiger partial charge in [0.25, 0.3) is 0 Å². The molecular weight excluding hydrogens is 229 g/mol. The second-order valence-corrected chi connectivity index (χ2v) is 3.47. The molecule has 3 nitrogen and oxygen atoms in total. The second-order valence-electron chi connectivity index (χ2n) is 2.59. The van der Waals surface area contributed by atoms with Crippen LogP contribution in [0.2, 0.25) is 0 Å². The van der Waals surface area contributed by atoms with Gasteiger partial charge in [-0.15, -0.1) is 24.9 Å². The molecule has 0 heterocycles. The largest absolute Gasteiger partial charge is 0.573 e. The Morgan fingerprint density at radius 3 is 2.47 bits per heavy atom. The van der Waals surface area contributed by atoms with Crippen LogP contribution in [0.5, 0.6) is 5.75 Å². The van der Waals surface area contributed by atoms with Crippen molar-refractivity contribution in [2.75, 3.05) is 11.7 Å². The molecule has 0 aliphatic rings. The highest BCUT2D eigenvalue weighted by molar-refractivity contribution is 7.98. The summed E-state index contributed by atoms with van der Waals surface area (Å²) in [6.07, 6.45) is -2.95. The molecule has 1 rings (SSSR count). The standard InChI is InChI=1S/C8H9F3N2OS/c1-15-7-3-5(13-12)2-6(4-7)14-8(9,10)11/h2-4,13H,12H2,1H3. The maximum atomic E-state index is 11.9. The van der Waals surface area contributed by atoms with Gasteiger partial charge in [0.2, 0.25) is 0 Å². The molecule has 0 saturated carbocycles. The highest BCUT2D eigenvalue weighted by Crippen LogP contribution is 2.29. The van der Waals surface area contributed by atoms with E-state index in [0.717, 1.165) is 0 Å². The number of hydrazine groups is 1. The lowest BCUT2D eigenvalue weighted by atomic mass is 10.3. The van der Waals surface area contributed by atoms with E-state index in [1.165, 1.54) is 23.9 Å². The first-order chi connectivity index (χ1) is 6.94. The van der Waals surface area contributed by atoms with Crippen LogP contribution in [0.1, 0.15) is 0 Å². The number of halogens is 3. The molecule has 15 heavy (non-hydrogen) atoms. The zero-order chi connectivity index (χ0) is 11.5. The van der Waals surface area contributed by atoms with Crippen molar-refractivity contribution in [3.8, 4) is 5.75 Å². The summed E-state index contributed by atoms with van der Waals surface area (Å²) in [5.74, 6) is 4.82. The number of hydrogen-bond acceptors (Lipinski definition) is 4. The Bertz CT molecular complexity index is 321. The Labute approximate surface area is 88.8 Å². The van der Waals surface area contributed by atoms with Crippen LogP contribution in [0.25, 0.3) is 0 Å². The first-order valence-electron chi connectivity index (χ1n) is 3.86. The van der Waals surface area contributed by atoms with Crippen molar-refractivity contribution in [3.63, 3.8) is 0 Å². The fourth-order valence-corrected chi connectivity index (χ4v) is 1.44. The topological polar surface area (TPSA) is 47.3 Å². The lowest BCUT2D eigenvalue weighted by Gasteiger charge is -2.11. The number of alkyl halides is 3. The van der Waals surface area contributed by atoms with Gasteiger partial charge in [0.1, 0.15) is 5.75 Å². The smallest absolute Gasteiger partial charge is 0.406 e. The zero-order valence-corrected chi connectivity index (χ0v) is 8.58. The van der Waals surface area contributed by atoms with E-state index < -0.39 is 6.36 Å². The van der Waals surface area contributed by atoms with E-state index in [9.17, 15) is 13.2 Å². The average Bonchev–Trinajstić information content (AvgIpc) is 2.14. The van der Waals surface area contributed by atoms with Gasteiger partial charge >= 0.3 is 6.36 Å². The maximum Gasteiger partial charge on any atom is 0.573 e. The normalized spacial score (nSPS) is 11.3. The van der Waals surface area contributed by atoms with Gasteiger partial charge in [0.15, 0.2) is 0 Å². The van der Waals surface area contributed by atoms with E-state index in [0.29, 0.717) is 10.6 Å². The molecule has 0 amide bonds. The lowest BCUT2D eigenvalue weighted by Crippen LogP contribution is -2.17. The molecule has 0 aliphatic heterocycles. The molecule has 1 aromatic carbocycles. The van der Waals surface area contributed by atoms with Crippen LogP contribution in [0, 0.1) is 0 Å². The van der Waals surface area contributed by atoms with Crippen molar-refractivity contribution in [1.29, 1.82) is 0 Å². The van der Waals surface area contributed by atoms with E-state index in [4.69, 9.17) is 5.84 Å². The molecule has 0 radical (unpaired) electrons. The van der Waals surface area contributed by atoms with Gasteiger partial charge in [-0.05, 0) is 18.4 Å². The first-order valence-corrected chi connectivity index (χ1v) is 5.08. The summed E-state index contributed by atoms with van der Waals surface area (Å²) in [6.45, 7) is 0. The van der Waals surface area contributed by atoms with Crippen molar-refractivity contribution in [3.05, 3.63) is 18.2 Å². The lowest BCUT2D eigenvalue weighted by molar-refractivity contribution is -0.274. The predicted molar refractivity (Wildman–Crippen MR) is 52.7 cm³/mol. The Kier molecular flexibility index (Phi) is 3.70. The fourth-order valence-electron chi connectivity index (χ4n) is 0.965. The Balaban J connectivity index is 2.97.